The molecule has 2 aromatic carbocycles. The van der Waals surface area contributed by atoms with E-state index in [2.05, 4.69) is 10.6 Å². The van der Waals surface area contributed by atoms with Crippen molar-refractivity contribution in [1.29, 1.82) is 0 Å². The molecule has 2 aromatic rings. The minimum Gasteiger partial charge on any atom is -0.489 e. The van der Waals surface area contributed by atoms with Crippen molar-refractivity contribution in [2.45, 2.75) is 88.8 Å². The Balaban J connectivity index is 1.41. The van der Waals surface area contributed by atoms with Crippen molar-refractivity contribution in [3.8, 4) is 5.75 Å². The number of allylic oxidation sites excluding steroid dienone is 2. The summed E-state index contributed by atoms with van der Waals surface area (Å²) in [5.74, 6) is -0.588. The van der Waals surface area contributed by atoms with E-state index in [9.17, 15) is 19.5 Å². The molecule has 1 fully saturated rings. The summed E-state index contributed by atoms with van der Waals surface area (Å²) < 4.78 is 11.5. The van der Waals surface area contributed by atoms with Crippen molar-refractivity contribution >= 4 is 17.8 Å². The Morgan fingerprint density at radius 3 is 2.48 bits per heavy atom. The highest BCUT2D eigenvalue weighted by Gasteiger charge is 2.35. The van der Waals surface area contributed by atoms with Crippen molar-refractivity contribution in [2.75, 3.05) is 13.2 Å². The third-order valence-electron chi connectivity index (χ3n) is 8.11. The van der Waals surface area contributed by atoms with Gasteiger partial charge < -0.3 is 25.2 Å². The lowest BCUT2D eigenvalue weighted by molar-refractivity contribution is -0.145. The lowest BCUT2D eigenvalue weighted by Gasteiger charge is -2.29. The number of nitrogens with one attached hydrogen (secondary N) is 2. The van der Waals surface area contributed by atoms with Gasteiger partial charge >= 0.3 is 5.97 Å². The minimum atomic E-state index is -0.585. The molecule has 1 aliphatic heterocycles. The zero-order valence-electron chi connectivity index (χ0n) is 24.4. The van der Waals surface area contributed by atoms with E-state index in [1.54, 1.807) is 0 Å². The maximum Gasteiger partial charge on any atom is 0.305 e. The van der Waals surface area contributed by atoms with Crippen LogP contribution in [-0.4, -0.2) is 47.7 Å². The fourth-order valence-electron chi connectivity index (χ4n) is 5.62. The number of cyclic esters (lactones) is 1. The van der Waals surface area contributed by atoms with Gasteiger partial charge in [0.15, 0.2) is 0 Å². The highest BCUT2D eigenvalue weighted by molar-refractivity contribution is 5.86. The third-order valence-corrected chi connectivity index (χ3v) is 8.11. The number of benzene rings is 2. The molecule has 1 aliphatic carbocycles. The van der Waals surface area contributed by atoms with Gasteiger partial charge in [0.1, 0.15) is 19.0 Å². The summed E-state index contributed by atoms with van der Waals surface area (Å²) in [5.41, 5.74) is 1.46. The Hall–Kier alpha value is -3.65. The Bertz CT molecular complexity index is 1170. The van der Waals surface area contributed by atoms with E-state index in [0.29, 0.717) is 25.9 Å². The predicted octanol–water partition coefficient (Wildman–Crippen LogP) is 4.78. The smallest absolute Gasteiger partial charge is 0.305 e. The first kappa shape index (κ1) is 31.3. The zero-order chi connectivity index (χ0) is 29.6. The summed E-state index contributed by atoms with van der Waals surface area (Å²) in [6.07, 6.45) is 11.1. The number of carbonyl (C=O) groups is 3. The minimum absolute atomic E-state index is 0.0257. The second-order valence-corrected chi connectivity index (χ2v) is 11.6. The van der Waals surface area contributed by atoms with Crippen LogP contribution in [-0.2, 0) is 32.1 Å². The number of hydrogen-bond donors (Lipinski definition) is 3. The Kier molecular flexibility index (Phi) is 12.0. The highest BCUT2D eigenvalue weighted by atomic mass is 16.5. The van der Waals surface area contributed by atoms with Crippen LogP contribution in [0, 0.1) is 5.92 Å². The average molecular weight is 577 g/mol. The van der Waals surface area contributed by atoms with Gasteiger partial charge in [-0.15, -0.1) is 0 Å². The second-order valence-electron chi connectivity index (χ2n) is 11.6. The maximum absolute atomic E-state index is 13.5. The maximum atomic E-state index is 13.5. The monoisotopic (exact) mass is 576 g/mol. The topological polar surface area (TPSA) is 114 Å². The van der Waals surface area contributed by atoms with Crippen molar-refractivity contribution < 1.29 is 29.0 Å². The van der Waals surface area contributed by atoms with Gasteiger partial charge in [0.05, 0.1) is 24.1 Å². The molecule has 2 aliphatic rings. The van der Waals surface area contributed by atoms with Crippen LogP contribution in [0.2, 0.25) is 0 Å². The number of carbonyl (C=O) groups excluding carboxylic acids is 3. The van der Waals surface area contributed by atoms with Gasteiger partial charge in [0.2, 0.25) is 11.8 Å². The Morgan fingerprint density at radius 1 is 0.976 bits per heavy atom. The van der Waals surface area contributed by atoms with E-state index in [0.717, 1.165) is 61.8 Å². The number of esters is 1. The molecule has 8 nitrogen and oxygen atoms in total. The van der Waals surface area contributed by atoms with Crippen molar-refractivity contribution in [3.63, 3.8) is 0 Å². The number of aliphatic hydroxyl groups excluding tert-OH is 1. The van der Waals surface area contributed by atoms with Gasteiger partial charge in [-0.1, -0.05) is 67.5 Å². The SMILES string of the molecule is O=C(C[C@H]1CC=CCCCCC(=O)OC[C@H](Cc2ccc(OCc3ccccc3)cc2)NC1=O)NC1(CO)CCCC1. The lowest BCUT2D eigenvalue weighted by atomic mass is 9.95. The van der Waals surface area contributed by atoms with Crippen LogP contribution in [0.3, 0.4) is 0 Å². The fourth-order valence-corrected chi connectivity index (χ4v) is 5.62. The van der Waals surface area contributed by atoms with Crippen LogP contribution < -0.4 is 15.4 Å². The first-order valence-corrected chi connectivity index (χ1v) is 15.2. The summed E-state index contributed by atoms with van der Waals surface area (Å²) in [7, 11) is 0. The molecule has 0 aromatic heterocycles. The van der Waals surface area contributed by atoms with Crippen LogP contribution in [0.4, 0.5) is 0 Å². The molecule has 42 heavy (non-hydrogen) atoms. The van der Waals surface area contributed by atoms with Crippen LogP contribution >= 0.6 is 0 Å². The van der Waals surface area contributed by atoms with Crippen LogP contribution in [0.5, 0.6) is 5.75 Å². The standard InChI is InChI=1S/C34H44N2O6/c37-25-34(19-9-10-20-34)36-31(38)22-28-13-7-2-1-3-8-14-32(39)42-24-29(35-33(28)40)21-26-15-17-30(18-16-26)41-23-27-11-5-4-6-12-27/h2,4-7,11-12,15-18,28-29,37H,1,3,8-10,13-14,19-25H2,(H,35,40)(H,36,38)/t28-,29+/m1/s1. The number of amides is 2. The van der Waals surface area contributed by atoms with E-state index >= 15 is 0 Å². The Labute approximate surface area is 248 Å². The van der Waals surface area contributed by atoms with Crippen molar-refractivity contribution in [1.82, 2.24) is 10.6 Å². The average Bonchev–Trinajstić information content (AvgIpc) is 3.47. The molecular formula is C34H44N2O6. The predicted molar refractivity (Wildman–Crippen MR) is 161 cm³/mol. The number of hydrogen-bond acceptors (Lipinski definition) is 6. The van der Waals surface area contributed by atoms with E-state index < -0.39 is 17.5 Å². The molecule has 1 saturated carbocycles. The zero-order valence-corrected chi connectivity index (χ0v) is 24.4. The van der Waals surface area contributed by atoms with Gasteiger partial charge in [0, 0.05) is 12.8 Å². The van der Waals surface area contributed by atoms with Crippen molar-refractivity contribution in [2.24, 2.45) is 5.92 Å². The van der Waals surface area contributed by atoms with Gasteiger partial charge in [0.25, 0.3) is 0 Å². The molecule has 2 amide bonds. The largest absolute Gasteiger partial charge is 0.489 e. The van der Waals surface area contributed by atoms with Gasteiger partial charge in [-0.05, 0) is 68.2 Å². The first-order valence-electron chi connectivity index (χ1n) is 15.2. The molecule has 0 saturated heterocycles. The van der Waals surface area contributed by atoms with Gasteiger partial charge in [-0.25, -0.2) is 0 Å². The molecule has 2 atom stereocenters. The number of aliphatic hydroxyl groups is 1. The van der Waals surface area contributed by atoms with Crippen molar-refractivity contribution in [3.05, 3.63) is 77.9 Å². The summed E-state index contributed by atoms with van der Waals surface area (Å²) in [5, 5.41) is 16.0. The molecular weight excluding hydrogens is 532 g/mol. The van der Waals surface area contributed by atoms with E-state index in [-0.39, 0.29) is 37.4 Å². The van der Waals surface area contributed by atoms with Gasteiger partial charge in [-0.2, -0.15) is 0 Å². The molecule has 226 valence electrons. The van der Waals surface area contributed by atoms with Gasteiger partial charge in [-0.3, -0.25) is 14.4 Å². The van der Waals surface area contributed by atoms with E-state index in [4.69, 9.17) is 9.47 Å². The molecule has 3 N–H and O–H groups in total. The quantitative estimate of drug-likeness (QED) is 0.292. The number of ether oxygens (including phenoxy) is 2. The second kappa shape index (κ2) is 16.1. The molecule has 8 heteroatoms. The normalized spacial score (nSPS) is 21.5. The number of rotatable bonds is 9. The van der Waals surface area contributed by atoms with Crippen LogP contribution in [0.25, 0.3) is 0 Å². The third kappa shape index (κ3) is 10.0. The first-order chi connectivity index (χ1) is 20.4. The fraction of sp³-hybridized carbons (Fsp3) is 0.500. The molecule has 4 rings (SSSR count). The highest BCUT2D eigenvalue weighted by Crippen LogP contribution is 2.29. The summed E-state index contributed by atoms with van der Waals surface area (Å²) in [6.45, 7) is 0.426. The van der Waals surface area contributed by atoms with E-state index in [1.807, 2.05) is 66.7 Å². The molecule has 0 unspecified atom stereocenters. The molecule has 0 spiro atoms. The lowest BCUT2D eigenvalue weighted by Crippen LogP contribution is -2.50. The molecule has 0 bridgehead atoms. The summed E-state index contributed by atoms with van der Waals surface area (Å²) >= 11 is 0. The summed E-state index contributed by atoms with van der Waals surface area (Å²) in [4.78, 5) is 38.9. The van der Waals surface area contributed by atoms with E-state index in [1.165, 1.54) is 0 Å². The van der Waals surface area contributed by atoms with Crippen LogP contribution in [0.15, 0.2) is 66.7 Å². The molecule has 0 radical (unpaired) electrons. The summed E-state index contributed by atoms with van der Waals surface area (Å²) in [6, 6.07) is 17.2. The Morgan fingerprint density at radius 2 is 1.74 bits per heavy atom. The molecule has 1 heterocycles. The van der Waals surface area contributed by atoms with Crippen LogP contribution in [0.1, 0.15) is 75.3 Å².